The van der Waals surface area contributed by atoms with Gasteiger partial charge in [0.25, 0.3) is 5.91 Å². The Labute approximate surface area is 124 Å². The van der Waals surface area contributed by atoms with E-state index in [1.54, 1.807) is 36.2 Å². The van der Waals surface area contributed by atoms with Gasteiger partial charge in [0.1, 0.15) is 18.1 Å². The van der Waals surface area contributed by atoms with Gasteiger partial charge in [0.05, 0.1) is 11.3 Å². The average molecular weight is 288 g/mol. The maximum atomic E-state index is 12.0. The molecule has 0 spiro atoms. The van der Waals surface area contributed by atoms with Gasteiger partial charge >= 0.3 is 0 Å². The second-order valence-electron chi connectivity index (χ2n) is 4.94. The number of ether oxygens (including phenoxy) is 1. The first kappa shape index (κ1) is 15.1. The van der Waals surface area contributed by atoms with E-state index in [1.807, 2.05) is 20.8 Å². The highest BCUT2D eigenvalue weighted by molar-refractivity contribution is 5.94. The third-order valence-corrected chi connectivity index (χ3v) is 3.49. The summed E-state index contributed by atoms with van der Waals surface area (Å²) in [4.78, 5) is 13.7. The summed E-state index contributed by atoms with van der Waals surface area (Å²) in [7, 11) is 1.78. The van der Waals surface area contributed by atoms with Gasteiger partial charge in [-0.3, -0.25) is 4.79 Å². The summed E-state index contributed by atoms with van der Waals surface area (Å²) >= 11 is 0. The van der Waals surface area contributed by atoms with Crippen LogP contribution in [0.5, 0.6) is 5.75 Å². The Morgan fingerprint density at radius 3 is 2.48 bits per heavy atom. The fourth-order valence-corrected chi connectivity index (χ4v) is 1.92. The summed E-state index contributed by atoms with van der Waals surface area (Å²) in [5, 5.41) is 3.89. The van der Waals surface area contributed by atoms with Crippen LogP contribution < -0.4 is 4.74 Å². The Morgan fingerprint density at radius 1 is 1.29 bits per heavy atom. The highest BCUT2D eigenvalue weighted by atomic mass is 16.5. The van der Waals surface area contributed by atoms with E-state index in [9.17, 15) is 4.79 Å². The molecule has 21 heavy (non-hydrogen) atoms. The largest absolute Gasteiger partial charge is 0.489 e. The molecule has 0 aliphatic carbocycles. The van der Waals surface area contributed by atoms with E-state index in [0.717, 1.165) is 17.0 Å². The molecule has 0 atom stereocenters. The Bertz CT molecular complexity index is 597. The fraction of sp³-hybridized carbons (Fsp3) is 0.375. The smallest absolute Gasteiger partial charge is 0.253 e. The van der Waals surface area contributed by atoms with Crippen molar-refractivity contribution in [2.45, 2.75) is 27.4 Å². The summed E-state index contributed by atoms with van der Waals surface area (Å²) in [6.45, 7) is 6.78. The van der Waals surface area contributed by atoms with E-state index in [-0.39, 0.29) is 5.91 Å². The SMILES string of the molecule is CCN(C)C(=O)c1ccc(OCc2c(C)noc2C)cc1. The molecule has 0 aliphatic rings. The third-order valence-electron chi connectivity index (χ3n) is 3.49. The quantitative estimate of drug-likeness (QED) is 0.848. The van der Waals surface area contributed by atoms with Gasteiger partial charge in [0.15, 0.2) is 0 Å². The Balaban J connectivity index is 2.01. The van der Waals surface area contributed by atoms with Gasteiger partial charge in [0.2, 0.25) is 0 Å². The van der Waals surface area contributed by atoms with E-state index in [4.69, 9.17) is 9.26 Å². The van der Waals surface area contributed by atoms with Crippen LogP contribution in [-0.2, 0) is 6.61 Å². The molecule has 0 radical (unpaired) electrons. The molecule has 2 aromatic rings. The van der Waals surface area contributed by atoms with Crippen LogP contribution in [0, 0.1) is 13.8 Å². The third kappa shape index (κ3) is 3.42. The molecule has 1 amide bonds. The number of hydrogen-bond donors (Lipinski definition) is 0. The number of benzene rings is 1. The van der Waals surface area contributed by atoms with Crippen LogP contribution in [0.15, 0.2) is 28.8 Å². The van der Waals surface area contributed by atoms with Crippen molar-refractivity contribution in [3.8, 4) is 5.75 Å². The lowest BCUT2D eigenvalue weighted by Crippen LogP contribution is -2.26. The number of aromatic nitrogens is 1. The number of nitrogens with zero attached hydrogens (tertiary/aromatic N) is 2. The molecule has 1 aromatic heterocycles. The molecule has 0 fully saturated rings. The maximum absolute atomic E-state index is 12.0. The van der Waals surface area contributed by atoms with Crippen LogP contribution in [-0.4, -0.2) is 29.6 Å². The second kappa shape index (κ2) is 6.43. The van der Waals surface area contributed by atoms with Gasteiger partial charge in [-0.25, -0.2) is 0 Å². The lowest BCUT2D eigenvalue weighted by Gasteiger charge is -2.14. The Kier molecular flexibility index (Phi) is 4.62. The average Bonchev–Trinajstić information content (AvgIpc) is 2.83. The van der Waals surface area contributed by atoms with Crippen molar-refractivity contribution in [1.29, 1.82) is 0 Å². The van der Waals surface area contributed by atoms with Crippen molar-refractivity contribution in [1.82, 2.24) is 10.1 Å². The molecule has 1 heterocycles. The van der Waals surface area contributed by atoms with Crippen LogP contribution in [0.4, 0.5) is 0 Å². The van der Waals surface area contributed by atoms with Crippen molar-refractivity contribution in [3.05, 3.63) is 46.8 Å². The van der Waals surface area contributed by atoms with Gasteiger partial charge in [-0.1, -0.05) is 5.16 Å². The summed E-state index contributed by atoms with van der Waals surface area (Å²) < 4.78 is 10.8. The molecule has 0 saturated heterocycles. The number of carbonyl (C=O) groups excluding carboxylic acids is 1. The molecule has 2 rings (SSSR count). The predicted octanol–water partition coefficient (Wildman–Crippen LogP) is 2.96. The van der Waals surface area contributed by atoms with Crippen molar-refractivity contribution < 1.29 is 14.1 Å². The monoisotopic (exact) mass is 288 g/mol. The Hall–Kier alpha value is -2.30. The van der Waals surface area contributed by atoms with E-state index < -0.39 is 0 Å². The molecule has 0 bridgehead atoms. The number of carbonyl (C=O) groups is 1. The number of hydrogen-bond acceptors (Lipinski definition) is 4. The van der Waals surface area contributed by atoms with Gasteiger partial charge in [0, 0.05) is 19.2 Å². The molecule has 5 heteroatoms. The first-order valence-electron chi connectivity index (χ1n) is 6.93. The lowest BCUT2D eigenvalue weighted by atomic mass is 10.2. The zero-order valence-electron chi connectivity index (χ0n) is 12.8. The maximum Gasteiger partial charge on any atom is 0.253 e. The van der Waals surface area contributed by atoms with Crippen LogP contribution >= 0.6 is 0 Å². The topological polar surface area (TPSA) is 55.6 Å². The molecule has 0 N–H and O–H groups in total. The molecular formula is C16H20N2O3. The zero-order valence-corrected chi connectivity index (χ0v) is 12.8. The first-order valence-corrected chi connectivity index (χ1v) is 6.93. The van der Waals surface area contributed by atoms with Crippen LogP contribution in [0.25, 0.3) is 0 Å². The molecule has 0 aliphatic heterocycles. The van der Waals surface area contributed by atoms with Crippen molar-refractivity contribution in [3.63, 3.8) is 0 Å². The number of amides is 1. The minimum absolute atomic E-state index is 0.00905. The van der Waals surface area contributed by atoms with Crippen LogP contribution in [0.2, 0.25) is 0 Å². The standard InChI is InChI=1S/C16H20N2O3/c1-5-18(4)16(19)13-6-8-14(9-7-13)20-10-15-11(2)17-21-12(15)3/h6-9H,5,10H2,1-4H3. The van der Waals surface area contributed by atoms with Gasteiger partial charge in [-0.15, -0.1) is 0 Å². The second-order valence-corrected chi connectivity index (χ2v) is 4.94. The van der Waals surface area contributed by atoms with Crippen LogP contribution in [0.1, 0.15) is 34.3 Å². The first-order chi connectivity index (χ1) is 10.0. The summed E-state index contributed by atoms with van der Waals surface area (Å²) in [6.07, 6.45) is 0. The molecular weight excluding hydrogens is 268 g/mol. The zero-order chi connectivity index (χ0) is 15.4. The molecule has 0 unspecified atom stereocenters. The van der Waals surface area contributed by atoms with Gasteiger partial charge < -0.3 is 14.2 Å². The van der Waals surface area contributed by atoms with E-state index in [2.05, 4.69) is 5.16 Å². The molecule has 5 nitrogen and oxygen atoms in total. The number of rotatable bonds is 5. The van der Waals surface area contributed by atoms with Crippen molar-refractivity contribution in [2.75, 3.05) is 13.6 Å². The summed E-state index contributed by atoms with van der Waals surface area (Å²) in [5.74, 6) is 1.49. The van der Waals surface area contributed by atoms with Gasteiger partial charge in [-0.2, -0.15) is 0 Å². The lowest BCUT2D eigenvalue weighted by molar-refractivity contribution is 0.0802. The van der Waals surface area contributed by atoms with Crippen molar-refractivity contribution in [2.24, 2.45) is 0 Å². The summed E-state index contributed by atoms with van der Waals surface area (Å²) in [5.41, 5.74) is 2.45. The Morgan fingerprint density at radius 2 is 1.95 bits per heavy atom. The minimum atomic E-state index is 0.00905. The predicted molar refractivity (Wildman–Crippen MR) is 79.4 cm³/mol. The highest BCUT2D eigenvalue weighted by Crippen LogP contribution is 2.18. The molecule has 112 valence electrons. The summed E-state index contributed by atoms with van der Waals surface area (Å²) in [6, 6.07) is 7.15. The minimum Gasteiger partial charge on any atom is -0.489 e. The van der Waals surface area contributed by atoms with E-state index in [1.165, 1.54) is 0 Å². The highest BCUT2D eigenvalue weighted by Gasteiger charge is 2.11. The van der Waals surface area contributed by atoms with Crippen LogP contribution in [0.3, 0.4) is 0 Å². The van der Waals surface area contributed by atoms with E-state index in [0.29, 0.717) is 24.5 Å². The van der Waals surface area contributed by atoms with E-state index >= 15 is 0 Å². The molecule has 0 saturated carbocycles. The number of aryl methyl sites for hydroxylation is 2. The van der Waals surface area contributed by atoms with Crippen molar-refractivity contribution >= 4 is 5.91 Å². The fourth-order valence-electron chi connectivity index (χ4n) is 1.92. The normalized spacial score (nSPS) is 10.5. The van der Waals surface area contributed by atoms with Gasteiger partial charge in [-0.05, 0) is 45.0 Å². The molecule has 1 aromatic carbocycles.